The van der Waals surface area contributed by atoms with Gasteiger partial charge in [-0.15, -0.1) is 0 Å². The number of benzene rings is 4. The number of amides is 7. The van der Waals surface area contributed by atoms with Crippen LogP contribution in [-0.2, 0) is 59.0 Å². The number of primary amides is 1. The average Bonchev–Trinajstić information content (AvgIpc) is 3.23. The monoisotopic (exact) mass is 1140 g/mol. The second kappa shape index (κ2) is 34.4. The Kier molecular flexibility index (Phi) is 26.9. The fourth-order valence-electron chi connectivity index (χ4n) is 8.26. The lowest BCUT2D eigenvalue weighted by Crippen LogP contribution is -2.58. The Hall–Kier alpha value is -8.72. The standard InChI is InChI=1S/C56H70N8O18/c1-36(2)50(53(70)62-46(12-7-24-58-54(57)71)51(68)60-38-15-13-37(14-16-38)34-81-56(73)82-40-19-17-39(18-20-40)64(74)75)63-52(69)47(21-22-49(66)67)61-48(65)23-26-76-28-30-78-32-33-79-31-29-77-27-25-59-55(72)80-35-45-43-10-5-3-8-41(43)42-9-4-6-11-44(42)45/h3-6,8-11,13-20,36,45-47,50H,7,12,21-35H2,1-2H3,(H,59,72)(H,60,68)(H,61,65)(H,62,70)(H,63,69)(H,66,67)(H3,57,58,71)/t46-,47+,50-/m0/s1. The molecule has 0 aromatic heterocycles. The number of fused-ring (bicyclic) bond motifs is 3. The van der Waals surface area contributed by atoms with Crippen molar-refractivity contribution in [2.24, 2.45) is 11.7 Å². The van der Waals surface area contributed by atoms with Crippen LogP contribution < -0.4 is 42.4 Å². The number of carboxylic acids is 1. The maximum absolute atomic E-state index is 13.8. The van der Waals surface area contributed by atoms with E-state index in [0.717, 1.165) is 34.4 Å². The number of hydrogen-bond donors (Lipinski definition) is 8. The number of rotatable bonds is 36. The predicted molar refractivity (Wildman–Crippen MR) is 294 cm³/mol. The Morgan fingerprint density at radius 3 is 1.80 bits per heavy atom. The van der Waals surface area contributed by atoms with Crippen molar-refractivity contribution in [3.05, 3.63) is 124 Å². The molecule has 26 nitrogen and oxygen atoms in total. The largest absolute Gasteiger partial charge is 0.514 e. The summed E-state index contributed by atoms with van der Waals surface area (Å²) in [6.45, 7) is 5.27. The van der Waals surface area contributed by atoms with Gasteiger partial charge in [0.2, 0.25) is 23.6 Å². The van der Waals surface area contributed by atoms with Crippen LogP contribution in [0.3, 0.4) is 0 Å². The molecule has 442 valence electrons. The minimum atomic E-state index is -1.36. The molecule has 7 amide bonds. The first-order valence-corrected chi connectivity index (χ1v) is 26.5. The maximum atomic E-state index is 13.8. The third-order valence-corrected chi connectivity index (χ3v) is 12.4. The van der Waals surface area contributed by atoms with Crippen molar-refractivity contribution in [2.45, 2.75) is 76.6 Å². The summed E-state index contributed by atoms with van der Waals surface area (Å²) < 4.78 is 37.7. The van der Waals surface area contributed by atoms with Crippen LogP contribution in [0.25, 0.3) is 11.1 Å². The van der Waals surface area contributed by atoms with Crippen molar-refractivity contribution in [1.82, 2.24) is 26.6 Å². The highest BCUT2D eigenvalue weighted by Gasteiger charge is 2.32. The summed E-state index contributed by atoms with van der Waals surface area (Å²) in [5.74, 6) is -4.69. The summed E-state index contributed by atoms with van der Waals surface area (Å²) in [5.41, 5.74) is 10.4. The molecule has 0 aliphatic heterocycles. The van der Waals surface area contributed by atoms with Gasteiger partial charge in [-0.2, -0.15) is 0 Å². The topological polar surface area (TPSA) is 363 Å². The molecule has 26 heteroatoms. The van der Waals surface area contributed by atoms with Crippen molar-refractivity contribution in [2.75, 3.05) is 77.9 Å². The summed E-state index contributed by atoms with van der Waals surface area (Å²) in [6, 6.07) is 22.5. The third kappa shape index (κ3) is 22.4. The summed E-state index contributed by atoms with van der Waals surface area (Å²) in [5, 5.41) is 35.8. The van der Waals surface area contributed by atoms with Gasteiger partial charge < -0.3 is 75.9 Å². The molecule has 0 spiro atoms. The van der Waals surface area contributed by atoms with Crippen LogP contribution >= 0.6 is 0 Å². The molecule has 4 aromatic carbocycles. The zero-order chi connectivity index (χ0) is 59.2. The van der Waals surface area contributed by atoms with Crippen molar-refractivity contribution < 1.29 is 81.5 Å². The van der Waals surface area contributed by atoms with E-state index in [-0.39, 0.29) is 109 Å². The highest BCUT2D eigenvalue weighted by Crippen LogP contribution is 2.44. The summed E-state index contributed by atoms with van der Waals surface area (Å²) >= 11 is 0. The number of urea groups is 1. The minimum absolute atomic E-state index is 0.00640. The molecule has 3 atom stereocenters. The number of anilines is 1. The number of nitro groups is 1. The Morgan fingerprint density at radius 1 is 0.634 bits per heavy atom. The maximum Gasteiger partial charge on any atom is 0.514 e. The number of nitrogens with one attached hydrogen (secondary N) is 6. The number of alkyl carbamates (subject to hydrolysis) is 1. The Balaban J connectivity index is 0.959. The molecule has 9 N–H and O–H groups in total. The van der Waals surface area contributed by atoms with Crippen LogP contribution in [0.2, 0.25) is 0 Å². The van der Waals surface area contributed by atoms with Crippen molar-refractivity contribution in [1.29, 1.82) is 0 Å². The van der Waals surface area contributed by atoms with Gasteiger partial charge in [-0.1, -0.05) is 74.5 Å². The van der Waals surface area contributed by atoms with E-state index in [1.165, 1.54) is 24.3 Å². The fourth-order valence-corrected chi connectivity index (χ4v) is 8.26. The van der Waals surface area contributed by atoms with Crippen LogP contribution in [0.5, 0.6) is 5.75 Å². The van der Waals surface area contributed by atoms with E-state index >= 15 is 0 Å². The lowest BCUT2D eigenvalue weighted by atomic mass is 9.98. The number of ether oxygens (including phenoxy) is 7. The quantitative estimate of drug-likeness (QED) is 0.0101. The second-order valence-electron chi connectivity index (χ2n) is 18.8. The number of carbonyl (C=O) groups excluding carboxylic acids is 7. The van der Waals surface area contributed by atoms with Crippen LogP contribution in [0.15, 0.2) is 97.1 Å². The number of nitro benzene ring substituents is 1. The first-order chi connectivity index (χ1) is 39.5. The van der Waals surface area contributed by atoms with Crippen molar-refractivity contribution >= 4 is 59.3 Å². The van der Waals surface area contributed by atoms with Gasteiger partial charge in [0.15, 0.2) is 0 Å². The van der Waals surface area contributed by atoms with Crippen LogP contribution in [0.4, 0.5) is 25.8 Å². The van der Waals surface area contributed by atoms with Gasteiger partial charge in [-0.25, -0.2) is 14.4 Å². The summed E-state index contributed by atoms with van der Waals surface area (Å²) in [4.78, 5) is 112. The zero-order valence-corrected chi connectivity index (χ0v) is 45.6. The van der Waals surface area contributed by atoms with E-state index in [4.69, 9.17) is 38.9 Å². The van der Waals surface area contributed by atoms with Crippen molar-refractivity contribution in [3.63, 3.8) is 0 Å². The molecule has 0 saturated carbocycles. The molecule has 0 radical (unpaired) electrons. The highest BCUT2D eigenvalue weighted by molar-refractivity contribution is 5.99. The van der Waals surface area contributed by atoms with Gasteiger partial charge in [-0.05, 0) is 77.3 Å². The molecular weight excluding hydrogens is 1070 g/mol. The molecule has 0 heterocycles. The minimum Gasteiger partial charge on any atom is -0.481 e. The molecule has 1 aliphatic carbocycles. The first-order valence-electron chi connectivity index (χ1n) is 26.5. The van der Waals surface area contributed by atoms with E-state index in [1.54, 1.807) is 26.0 Å². The molecular formula is C56H70N8O18. The predicted octanol–water partition coefficient (Wildman–Crippen LogP) is 4.67. The SMILES string of the molecule is CC(C)[C@H](NC(=O)[C@@H](CCC(=O)O)NC(=O)CCOCCOCCOCCOCCNC(=O)OCC1c2ccccc2-c2ccccc21)C(=O)N[C@@H](CCCNC(N)=O)C(=O)Nc1ccc(COC(=O)Oc2ccc([N+](=O)[O-])cc2)cc1. The van der Waals surface area contributed by atoms with Gasteiger partial charge >= 0.3 is 24.2 Å². The van der Waals surface area contributed by atoms with E-state index in [2.05, 4.69) is 56.2 Å². The summed E-state index contributed by atoms with van der Waals surface area (Å²) in [7, 11) is 0. The van der Waals surface area contributed by atoms with Gasteiger partial charge in [0, 0.05) is 49.7 Å². The Labute approximate surface area is 472 Å². The molecule has 0 saturated heterocycles. The van der Waals surface area contributed by atoms with Crippen LogP contribution in [-0.4, -0.2) is 149 Å². The number of aliphatic carboxylic acids is 1. The number of non-ortho nitro benzene ring substituents is 1. The van der Waals surface area contributed by atoms with E-state index < -0.39 is 83.3 Å². The Morgan fingerprint density at radius 2 is 1.22 bits per heavy atom. The zero-order valence-electron chi connectivity index (χ0n) is 45.6. The molecule has 82 heavy (non-hydrogen) atoms. The highest BCUT2D eigenvalue weighted by atomic mass is 16.7. The molecule has 0 unspecified atom stereocenters. The fraction of sp³-hybridized carbons (Fsp3) is 0.429. The van der Waals surface area contributed by atoms with Gasteiger partial charge in [0.1, 0.15) is 37.1 Å². The number of nitrogens with zero attached hydrogens (tertiary/aromatic N) is 1. The molecule has 0 fully saturated rings. The number of nitrogens with two attached hydrogens (primary N) is 1. The molecule has 1 aliphatic rings. The molecule has 0 bridgehead atoms. The number of carboxylic acid groups (broad SMARTS) is 1. The average molecular weight is 1140 g/mol. The molecule has 4 aromatic rings. The Bertz CT molecular complexity index is 2720. The number of carbonyl (C=O) groups is 8. The molecule has 5 rings (SSSR count). The second-order valence-corrected chi connectivity index (χ2v) is 18.8. The van der Waals surface area contributed by atoms with E-state index in [0.29, 0.717) is 24.5 Å². The summed E-state index contributed by atoms with van der Waals surface area (Å²) in [6.07, 6.45) is -2.38. The first kappa shape index (κ1) is 64.1. The van der Waals surface area contributed by atoms with E-state index in [9.17, 15) is 53.6 Å². The van der Waals surface area contributed by atoms with Gasteiger partial charge in [0.05, 0.1) is 57.8 Å². The van der Waals surface area contributed by atoms with Crippen LogP contribution in [0.1, 0.15) is 68.6 Å². The smallest absolute Gasteiger partial charge is 0.481 e. The van der Waals surface area contributed by atoms with Gasteiger partial charge in [-0.3, -0.25) is 34.1 Å². The number of hydrogen-bond acceptors (Lipinski definition) is 17. The lowest BCUT2D eigenvalue weighted by molar-refractivity contribution is -0.384. The van der Waals surface area contributed by atoms with Gasteiger partial charge in [0.25, 0.3) is 5.69 Å². The van der Waals surface area contributed by atoms with Crippen LogP contribution in [0, 0.1) is 16.0 Å². The van der Waals surface area contributed by atoms with Crippen molar-refractivity contribution in [3.8, 4) is 16.9 Å². The van der Waals surface area contributed by atoms with E-state index in [1.807, 2.05) is 24.3 Å². The normalized spacial score (nSPS) is 12.6. The third-order valence-electron chi connectivity index (χ3n) is 12.4. The lowest BCUT2D eigenvalue weighted by Gasteiger charge is -2.27.